The van der Waals surface area contributed by atoms with E-state index in [1.165, 1.54) is 6.33 Å². The second-order valence-corrected chi connectivity index (χ2v) is 4.79. The SMILES string of the molecule is Nc1nc(N[C@@H]2O[C@H](CO)[C@@H](O)[C@H]2O)c2ncnc(N)c2n1. The first-order valence-corrected chi connectivity index (χ1v) is 6.44. The fraction of sp³-hybridized carbons (Fsp3) is 0.455. The van der Waals surface area contributed by atoms with Gasteiger partial charge < -0.3 is 36.8 Å². The first-order chi connectivity index (χ1) is 10.5. The van der Waals surface area contributed by atoms with Gasteiger partial charge in [-0.3, -0.25) is 0 Å². The smallest absolute Gasteiger partial charge is 0.222 e. The summed E-state index contributed by atoms with van der Waals surface area (Å²) < 4.78 is 5.32. The Morgan fingerprint density at radius 2 is 1.91 bits per heavy atom. The van der Waals surface area contributed by atoms with Crippen molar-refractivity contribution in [2.24, 2.45) is 0 Å². The second-order valence-electron chi connectivity index (χ2n) is 4.79. The summed E-state index contributed by atoms with van der Waals surface area (Å²) in [6, 6.07) is 0. The van der Waals surface area contributed by atoms with Gasteiger partial charge in [0.15, 0.2) is 17.9 Å². The van der Waals surface area contributed by atoms with Crippen LogP contribution in [0.3, 0.4) is 0 Å². The fourth-order valence-electron chi connectivity index (χ4n) is 2.24. The number of nitrogens with zero attached hydrogens (tertiary/aromatic N) is 4. The standard InChI is InChI=1S/C11H15N7O4/c12-8-4-5(14-2-15-8)9(18-11(13)16-4)17-10-7(21)6(20)3(1-19)22-10/h2-3,6-7,10,19-21H,1H2,(H2,12,14,15)(H3,13,16,17,18)/t3-,6-,7-,10-/m1/s1. The van der Waals surface area contributed by atoms with Crippen LogP contribution in [-0.4, -0.2) is 66.4 Å². The quantitative estimate of drug-likeness (QED) is 0.350. The first-order valence-electron chi connectivity index (χ1n) is 6.44. The first kappa shape index (κ1) is 14.6. The number of rotatable bonds is 3. The van der Waals surface area contributed by atoms with Crippen molar-refractivity contribution in [3.8, 4) is 0 Å². The lowest BCUT2D eigenvalue weighted by atomic mass is 10.1. The topological polar surface area (TPSA) is 186 Å². The predicted octanol–water partition coefficient (Wildman–Crippen LogP) is -2.56. The maximum absolute atomic E-state index is 9.94. The van der Waals surface area contributed by atoms with Gasteiger partial charge in [-0.1, -0.05) is 0 Å². The lowest BCUT2D eigenvalue weighted by Gasteiger charge is -2.18. The van der Waals surface area contributed by atoms with Gasteiger partial charge in [0.05, 0.1) is 6.61 Å². The van der Waals surface area contributed by atoms with Crippen LogP contribution < -0.4 is 16.8 Å². The number of aliphatic hydroxyl groups is 3. The van der Waals surface area contributed by atoms with Crippen LogP contribution in [0.4, 0.5) is 17.6 Å². The molecule has 4 atom stereocenters. The molecule has 22 heavy (non-hydrogen) atoms. The van der Waals surface area contributed by atoms with Crippen molar-refractivity contribution in [2.45, 2.75) is 24.5 Å². The van der Waals surface area contributed by atoms with Crippen LogP contribution in [0.15, 0.2) is 6.33 Å². The third kappa shape index (κ3) is 2.35. The summed E-state index contributed by atoms with van der Waals surface area (Å²) in [6.45, 7) is -0.432. The largest absolute Gasteiger partial charge is 0.394 e. The third-order valence-corrected chi connectivity index (χ3v) is 3.35. The van der Waals surface area contributed by atoms with Crippen molar-refractivity contribution >= 4 is 28.6 Å². The fourth-order valence-corrected chi connectivity index (χ4v) is 2.24. The number of nitrogens with two attached hydrogens (primary N) is 2. The van der Waals surface area contributed by atoms with Crippen molar-refractivity contribution in [2.75, 3.05) is 23.4 Å². The van der Waals surface area contributed by atoms with Crippen LogP contribution in [0.5, 0.6) is 0 Å². The third-order valence-electron chi connectivity index (χ3n) is 3.35. The van der Waals surface area contributed by atoms with E-state index < -0.39 is 31.1 Å². The highest BCUT2D eigenvalue weighted by atomic mass is 16.6. The molecular weight excluding hydrogens is 294 g/mol. The van der Waals surface area contributed by atoms with Gasteiger partial charge in [0.25, 0.3) is 0 Å². The van der Waals surface area contributed by atoms with Crippen LogP contribution in [0, 0.1) is 0 Å². The summed E-state index contributed by atoms with van der Waals surface area (Å²) in [5.41, 5.74) is 11.9. The van der Waals surface area contributed by atoms with Crippen LogP contribution in [0.2, 0.25) is 0 Å². The Hall–Kier alpha value is -2.34. The Balaban J connectivity index is 1.96. The number of nitrogen functional groups attached to an aromatic ring is 2. The number of aromatic nitrogens is 4. The van der Waals surface area contributed by atoms with Gasteiger partial charge >= 0.3 is 0 Å². The normalized spacial score (nSPS) is 28.1. The Morgan fingerprint density at radius 1 is 1.14 bits per heavy atom. The average molecular weight is 309 g/mol. The summed E-state index contributed by atoms with van der Waals surface area (Å²) in [5, 5.41) is 31.5. The summed E-state index contributed by atoms with van der Waals surface area (Å²) in [6.07, 6.45) is -3.16. The zero-order valence-electron chi connectivity index (χ0n) is 11.3. The molecule has 11 nitrogen and oxygen atoms in total. The molecule has 0 saturated carbocycles. The van der Waals surface area contributed by atoms with Gasteiger partial charge in [-0.15, -0.1) is 0 Å². The minimum atomic E-state index is -1.26. The molecule has 2 aromatic heterocycles. The number of hydrogen-bond donors (Lipinski definition) is 6. The van der Waals surface area contributed by atoms with E-state index in [-0.39, 0.29) is 23.1 Å². The highest BCUT2D eigenvalue weighted by Gasteiger charge is 2.42. The molecular formula is C11H15N7O4. The van der Waals surface area contributed by atoms with Crippen molar-refractivity contribution in [3.05, 3.63) is 6.33 Å². The molecule has 1 aliphatic heterocycles. The van der Waals surface area contributed by atoms with Crippen LogP contribution in [-0.2, 0) is 4.74 Å². The zero-order chi connectivity index (χ0) is 15.9. The molecule has 0 amide bonds. The van der Waals surface area contributed by atoms with E-state index >= 15 is 0 Å². The number of fused-ring (bicyclic) bond motifs is 1. The Labute approximate surface area is 124 Å². The zero-order valence-corrected chi connectivity index (χ0v) is 11.3. The maximum atomic E-state index is 9.94. The van der Waals surface area contributed by atoms with Gasteiger partial charge in [-0.05, 0) is 0 Å². The van der Waals surface area contributed by atoms with Gasteiger partial charge in [0.2, 0.25) is 5.95 Å². The average Bonchev–Trinajstić information content (AvgIpc) is 2.76. The minimum Gasteiger partial charge on any atom is -0.394 e. The number of hydrogen-bond acceptors (Lipinski definition) is 11. The monoisotopic (exact) mass is 309 g/mol. The van der Waals surface area contributed by atoms with Gasteiger partial charge in [-0.25, -0.2) is 15.0 Å². The van der Waals surface area contributed by atoms with Gasteiger partial charge in [0.1, 0.15) is 35.7 Å². The van der Waals surface area contributed by atoms with E-state index in [9.17, 15) is 10.2 Å². The lowest BCUT2D eigenvalue weighted by Crippen LogP contribution is -2.36. The molecule has 118 valence electrons. The Kier molecular flexibility index (Phi) is 3.62. The molecule has 1 saturated heterocycles. The molecule has 0 spiro atoms. The molecule has 3 heterocycles. The summed E-state index contributed by atoms with van der Waals surface area (Å²) in [5.74, 6) is 0.234. The number of aliphatic hydroxyl groups excluding tert-OH is 3. The molecule has 0 aromatic carbocycles. The highest BCUT2D eigenvalue weighted by Crippen LogP contribution is 2.26. The summed E-state index contributed by atoms with van der Waals surface area (Å²) in [7, 11) is 0. The predicted molar refractivity (Wildman–Crippen MR) is 75.3 cm³/mol. The van der Waals surface area contributed by atoms with Crippen LogP contribution >= 0.6 is 0 Å². The summed E-state index contributed by atoms with van der Waals surface area (Å²) in [4.78, 5) is 15.8. The number of anilines is 3. The molecule has 1 aliphatic rings. The van der Waals surface area contributed by atoms with E-state index in [4.69, 9.17) is 21.3 Å². The second kappa shape index (κ2) is 5.46. The Bertz CT molecular complexity index is 699. The van der Waals surface area contributed by atoms with E-state index in [0.29, 0.717) is 5.52 Å². The highest BCUT2D eigenvalue weighted by molar-refractivity contribution is 5.92. The van der Waals surface area contributed by atoms with E-state index in [1.807, 2.05) is 0 Å². The molecule has 8 N–H and O–H groups in total. The summed E-state index contributed by atoms with van der Waals surface area (Å²) >= 11 is 0. The molecule has 2 aromatic rings. The lowest BCUT2D eigenvalue weighted by molar-refractivity contribution is -0.0153. The molecule has 1 fully saturated rings. The molecule has 0 radical (unpaired) electrons. The number of nitrogens with one attached hydrogen (secondary N) is 1. The molecule has 0 unspecified atom stereocenters. The van der Waals surface area contributed by atoms with Gasteiger partial charge in [0, 0.05) is 0 Å². The van der Waals surface area contributed by atoms with Crippen molar-refractivity contribution in [1.82, 2.24) is 19.9 Å². The van der Waals surface area contributed by atoms with E-state index in [2.05, 4.69) is 25.3 Å². The number of ether oxygens (including phenoxy) is 1. The van der Waals surface area contributed by atoms with E-state index in [1.54, 1.807) is 0 Å². The molecule has 11 heteroatoms. The van der Waals surface area contributed by atoms with E-state index in [0.717, 1.165) is 0 Å². The van der Waals surface area contributed by atoms with Crippen LogP contribution in [0.25, 0.3) is 11.0 Å². The van der Waals surface area contributed by atoms with Crippen molar-refractivity contribution < 1.29 is 20.1 Å². The molecule has 0 bridgehead atoms. The molecule has 3 rings (SSSR count). The Morgan fingerprint density at radius 3 is 2.59 bits per heavy atom. The van der Waals surface area contributed by atoms with Crippen molar-refractivity contribution in [1.29, 1.82) is 0 Å². The van der Waals surface area contributed by atoms with Crippen molar-refractivity contribution in [3.63, 3.8) is 0 Å². The van der Waals surface area contributed by atoms with Gasteiger partial charge in [-0.2, -0.15) is 4.98 Å². The maximum Gasteiger partial charge on any atom is 0.222 e. The van der Waals surface area contributed by atoms with Crippen LogP contribution in [0.1, 0.15) is 0 Å². The minimum absolute atomic E-state index is 0.0664. The molecule has 0 aliphatic carbocycles.